The number of hydrogen-bond acceptors (Lipinski definition) is 23. The molecule has 57 heavy (non-hydrogen) atoms. The number of phosphoric acid groups is 3. The van der Waals surface area contributed by atoms with E-state index in [0.717, 1.165) is 11.9 Å². The lowest BCUT2D eigenvalue weighted by atomic mass is 10.2. The van der Waals surface area contributed by atoms with Crippen molar-refractivity contribution < 1.29 is 60.6 Å². The molecular weight excluding hydrogens is 823 g/mol. The van der Waals surface area contributed by atoms with Gasteiger partial charge in [-0.3, -0.25) is 42.7 Å². The lowest BCUT2D eigenvalue weighted by Crippen LogP contribution is -2.55. The number of aromatic nitrogens is 6. The molecule has 0 saturated carbocycles. The maximum absolute atomic E-state index is 12.7. The number of H-pyrrole nitrogens is 2. The molecule has 6 heterocycles. The van der Waals surface area contributed by atoms with Crippen molar-refractivity contribution in [3.05, 3.63) is 62.9 Å². The van der Waals surface area contributed by atoms with Crippen molar-refractivity contribution in [2.75, 3.05) is 61.3 Å². The van der Waals surface area contributed by atoms with Crippen molar-refractivity contribution in [3.63, 3.8) is 0 Å². The van der Waals surface area contributed by atoms with E-state index in [0.29, 0.717) is 6.54 Å². The van der Waals surface area contributed by atoms with Gasteiger partial charge in [-0.25, -0.2) is 13.6 Å². The van der Waals surface area contributed by atoms with Crippen LogP contribution in [-0.4, -0.2) is 104 Å². The molecule has 310 valence electrons. The Kier molecular flexibility index (Phi) is 11.5. The number of ether oxygens (including phenoxy) is 2. The summed E-state index contributed by atoms with van der Waals surface area (Å²) in [6, 6.07) is 9.27. The third-order valence-corrected chi connectivity index (χ3v) is 13.0. The van der Waals surface area contributed by atoms with Gasteiger partial charge in [0.25, 0.3) is 34.6 Å². The lowest BCUT2D eigenvalue weighted by molar-refractivity contribution is -0.253. The second kappa shape index (κ2) is 15.9. The quantitative estimate of drug-likeness (QED) is 0.0827. The monoisotopic (exact) mass is 858 g/mol. The Labute approximate surface area is 320 Å². The molecule has 0 amide bonds. The summed E-state index contributed by atoms with van der Waals surface area (Å²) in [5.41, 5.74) is 11.2. The van der Waals surface area contributed by atoms with E-state index in [9.17, 15) is 43.1 Å². The second-order valence-electron chi connectivity index (χ2n) is 13.1. The number of benzene rings is 1. The van der Waals surface area contributed by atoms with Gasteiger partial charge in [0.1, 0.15) is 18.0 Å². The summed E-state index contributed by atoms with van der Waals surface area (Å²) in [5.74, 6) is -0.162. The van der Waals surface area contributed by atoms with Crippen LogP contribution in [0.3, 0.4) is 0 Å². The molecule has 0 radical (unpaired) electrons. The Hall–Kier alpha value is -4.10. The molecule has 0 spiro atoms. The fourth-order valence-electron chi connectivity index (χ4n) is 6.61. The molecule has 8 atom stereocenters. The van der Waals surface area contributed by atoms with Gasteiger partial charge in [0.05, 0.1) is 38.4 Å². The number of nitrogen functional groups attached to an aromatic ring is 2. The zero-order valence-corrected chi connectivity index (χ0v) is 32.3. The van der Waals surface area contributed by atoms with E-state index >= 15 is 0 Å². The van der Waals surface area contributed by atoms with Crippen LogP contribution in [0.15, 0.2) is 46.2 Å². The molecule has 0 aliphatic carbocycles. The summed E-state index contributed by atoms with van der Waals surface area (Å²) in [7, 11) is -16.3. The molecule has 3 aromatic heterocycles. The number of nitrogens with two attached hydrogens (primary N) is 2. The van der Waals surface area contributed by atoms with E-state index in [-0.39, 0.29) is 60.7 Å². The van der Waals surface area contributed by atoms with Gasteiger partial charge in [-0.15, -0.1) is 0 Å². The third-order valence-electron chi connectivity index (χ3n) is 8.86. The number of hydrogen-bond donors (Lipinski definition) is 5. The van der Waals surface area contributed by atoms with E-state index in [4.69, 9.17) is 25.5 Å². The Morgan fingerprint density at radius 3 is 2.26 bits per heavy atom. The SMILES string of the molecule is CN1CN(C2CN(Cc3ccccc3)C[C@@H](COP(=O)([O-])OP(=O)([O-])OP(=O)([O-])OCC3C[C@@H](O)C(n4cnc5c(=O)[nH]c(N)nc54)O3)O2)c2nc(N)[nH]c(=O)c21. The summed E-state index contributed by atoms with van der Waals surface area (Å²) in [5, 5.41) is 10.6. The molecule has 7 rings (SSSR count). The highest BCUT2D eigenvalue weighted by Crippen LogP contribution is 2.63. The largest absolute Gasteiger partial charge is 0.756 e. The first-order chi connectivity index (χ1) is 26.8. The maximum Gasteiger partial charge on any atom is 0.280 e. The lowest BCUT2D eigenvalue weighted by Gasteiger charge is -2.42. The summed E-state index contributed by atoms with van der Waals surface area (Å²) < 4.78 is 68.1. The Balaban J connectivity index is 0.960. The van der Waals surface area contributed by atoms with Gasteiger partial charge in [0.15, 0.2) is 23.2 Å². The predicted octanol–water partition coefficient (Wildman–Crippen LogP) is -2.37. The fraction of sp³-hybridized carbons (Fsp3) is 0.464. The first kappa shape index (κ1) is 41.1. The highest BCUT2D eigenvalue weighted by Gasteiger charge is 2.40. The number of aromatic amines is 2. The highest BCUT2D eigenvalue weighted by molar-refractivity contribution is 7.65. The zero-order chi connectivity index (χ0) is 40.9. The number of fused-ring (bicyclic) bond motifs is 2. The van der Waals surface area contributed by atoms with Crippen molar-refractivity contribution in [2.45, 2.75) is 43.7 Å². The van der Waals surface area contributed by atoms with Crippen LogP contribution in [0.4, 0.5) is 23.4 Å². The van der Waals surface area contributed by atoms with E-state index in [1.165, 1.54) is 4.57 Å². The van der Waals surface area contributed by atoms with Crippen LogP contribution in [0.25, 0.3) is 11.2 Å². The molecule has 6 unspecified atom stereocenters. The highest BCUT2D eigenvalue weighted by atomic mass is 31.3. The molecule has 2 fully saturated rings. The van der Waals surface area contributed by atoms with E-state index in [1.54, 1.807) is 16.8 Å². The Bertz CT molecular complexity index is 2390. The van der Waals surface area contributed by atoms with Crippen molar-refractivity contribution in [1.82, 2.24) is 34.4 Å². The molecule has 7 N–H and O–H groups in total. The van der Waals surface area contributed by atoms with Crippen LogP contribution in [0.1, 0.15) is 18.2 Å². The molecular formula is C28H35N11O15P3-3. The number of aliphatic hydroxyl groups excluding tert-OH is 1. The average Bonchev–Trinajstić information content (AvgIpc) is 3.80. The summed E-state index contributed by atoms with van der Waals surface area (Å²) in [6.45, 7) is -0.821. The van der Waals surface area contributed by atoms with Gasteiger partial charge in [-0.05, 0) is 5.56 Å². The van der Waals surface area contributed by atoms with Crippen LogP contribution < -0.4 is 47.1 Å². The normalized spacial score (nSPS) is 25.9. The first-order valence-electron chi connectivity index (χ1n) is 16.9. The summed E-state index contributed by atoms with van der Waals surface area (Å²) >= 11 is 0. The van der Waals surface area contributed by atoms with Gasteiger partial charge in [0, 0.05) is 33.1 Å². The van der Waals surface area contributed by atoms with Gasteiger partial charge in [0.2, 0.25) is 11.9 Å². The minimum absolute atomic E-state index is 0.0429. The smallest absolute Gasteiger partial charge is 0.280 e. The van der Waals surface area contributed by atoms with Gasteiger partial charge in [-0.2, -0.15) is 9.97 Å². The van der Waals surface area contributed by atoms with Crippen LogP contribution in [0.5, 0.6) is 0 Å². The molecule has 3 aliphatic heterocycles. The number of morpholine rings is 1. The minimum atomic E-state index is -6.23. The van der Waals surface area contributed by atoms with Crippen LogP contribution in [0.2, 0.25) is 0 Å². The molecule has 26 nitrogen and oxygen atoms in total. The predicted molar refractivity (Wildman–Crippen MR) is 189 cm³/mol. The second-order valence-corrected chi connectivity index (χ2v) is 17.7. The number of aliphatic hydroxyl groups is 1. The molecule has 2 saturated heterocycles. The number of imidazole rings is 1. The summed E-state index contributed by atoms with van der Waals surface area (Å²) in [6.07, 6.45) is -4.70. The van der Waals surface area contributed by atoms with Crippen molar-refractivity contribution in [2.24, 2.45) is 0 Å². The van der Waals surface area contributed by atoms with E-state index < -0.39 is 78.6 Å². The Morgan fingerprint density at radius 2 is 1.56 bits per heavy atom. The number of nitrogens with one attached hydrogen (secondary N) is 2. The van der Waals surface area contributed by atoms with E-state index in [1.807, 2.05) is 35.2 Å². The number of rotatable bonds is 14. The van der Waals surface area contributed by atoms with Gasteiger partial charge in [-0.1, -0.05) is 30.3 Å². The molecule has 0 bridgehead atoms. The van der Waals surface area contributed by atoms with Crippen molar-refractivity contribution in [1.29, 1.82) is 0 Å². The van der Waals surface area contributed by atoms with Crippen molar-refractivity contribution in [3.8, 4) is 0 Å². The topological polar surface area (TPSA) is 367 Å². The maximum atomic E-state index is 12.7. The molecule has 29 heteroatoms. The van der Waals surface area contributed by atoms with Crippen LogP contribution >= 0.6 is 23.5 Å². The third kappa shape index (κ3) is 9.46. The number of phosphoric ester groups is 2. The fourth-order valence-corrected chi connectivity index (χ4v) is 10.0. The number of nitrogens with zero attached hydrogens (tertiary/aromatic N) is 7. The average molecular weight is 859 g/mol. The first-order valence-corrected chi connectivity index (χ1v) is 21.2. The van der Waals surface area contributed by atoms with Crippen LogP contribution in [0, 0.1) is 0 Å². The van der Waals surface area contributed by atoms with Crippen molar-refractivity contribution >= 4 is 58.0 Å². The number of anilines is 4. The molecule has 3 aliphatic rings. The molecule has 4 aromatic rings. The Morgan fingerprint density at radius 1 is 0.912 bits per heavy atom. The standard InChI is InChI=1S/C28H38N11O15P3/c1-36-14-39(23-21(36)25(42)35-28(30)33-23)19-10-37(8-15-5-3-2-4-6-15)9-17(51-19)12-50-56(45,46)54-57(47,48)53-55(43,44)49-11-16-7-18(40)26(52-16)38-13-31-20-22(38)32-27(29)34-24(20)41/h2-6,13,16-19,26,40H,7-12,14H2,1H3,(H,43,44)(H,45,46)(H,47,48)(H3,29,32,34,41)(H3,30,33,35,42)/p-3/t16?,17-,18+,19?,26?/m0/s1. The van der Waals surface area contributed by atoms with E-state index in [2.05, 4.69) is 38.1 Å². The minimum Gasteiger partial charge on any atom is -0.756 e. The van der Waals surface area contributed by atoms with Gasteiger partial charge >= 0.3 is 0 Å². The van der Waals surface area contributed by atoms with Gasteiger partial charge < -0.3 is 59.6 Å². The summed E-state index contributed by atoms with van der Waals surface area (Å²) in [4.78, 5) is 84.4. The van der Waals surface area contributed by atoms with Crippen LogP contribution in [-0.2, 0) is 47.4 Å². The molecule has 1 aromatic carbocycles. The zero-order valence-electron chi connectivity index (χ0n) is 29.6.